The lowest BCUT2D eigenvalue weighted by Crippen LogP contribution is -2.00. The van der Waals surface area contributed by atoms with E-state index in [1.165, 1.54) is 6.92 Å². The van der Waals surface area contributed by atoms with E-state index in [1.807, 2.05) is 12.1 Å². The molecular weight excluding hydrogens is 180 g/mol. The summed E-state index contributed by atoms with van der Waals surface area (Å²) < 4.78 is 4.87. The molecule has 0 heterocycles. The molecular formula is C11H12O3. The van der Waals surface area contributed by atoms with E-state index in [9.17, 15) is 4.79 Å². The zero-order chi connectivity index (χ0) is 10.4. The molecule has 0 saturated heterocycles. The van der Waals surface area contributed by atoms with Gasteiger partial charge in [-0.15, -0.1) is 0 Å². The van der Waals surface area contributed by atoms with E-state index in [0.717, 1.165) is 11.8 Å². The number of rotatable bonds is 3. The first-order valence-electron chi connectivity index (χ1n) is 4.29. The number of aliphatic hydroxyl groups excluding tert-OH is 1. The maximum atomic E-state index is 10.6. The Labute approximate surface area is 82.6 Å². The molecule has 74 valence electrons. The van der Waals surface area contributed by atoms with Crippen molar-refractivity contribution < 1.29 is 14.6 Å². The van der Waals surface area contributed by atoms with Gasteiger partial charge in [0.05, 0.1) is 6.26 Å². The number of hydrogen-bond donors (Lipinski definition) is 1. The van der Waals surface area contributed by atoms with Crippen LogP contribution in [0, 0.1) is 0 Å². The fourth-order valence-electron chi connectivity index (χ4n) is 1.05. The molecule has 14 heavy (non-hydrogen) atoms. The monoisotopic (exact) mass is 192 g/mol. The van der Waals surface area contributed by atoms with Crippen molar-refractivity contribution in [2.24, 2.45) is 0 Å². The highest BCUT2D eigenvalue weighted by Gasteiger charge is 1.96. The van der Waals surface area contributed by atoms with E-state index in [2.05, 4.69) is 0 Å². The molecule has 0 saturated carbocycles. The van der Waals surface area contributed by atoms with Crippen molar-refractivity contribution in [3.05, 3.63) is 42.2 Å². The van der Waals surface area contributed by atoms with Gasteiger partial charge in [-0.25, -0.2) is 0 Å². The molecule has 0 amide bonds. The highest BCUT2D eigenvalue weighted by molar-refractivity contribution is 5.69. The zero-order valence-corrected chi connectivity index (χ0v) is 7.93. The van der Waals surface area contributed by atoms with Gasteiger partial charge < -0.3 is 9.84 Å². The standard InChI is InChI=1S/C11H12O3/c1-9(13)14-11-6-4-10(5-7-11)3-2-8-12/h2,4-8,12H,3H2,1H3/b8-2+. The molecule has 1 N–H and O–H groups in total. The van der Waals surface area contributed by atoms with Crippen LogP contribution in [0.1, 0.15) is 12.5 Å². The zero-order valence-electron chi connectivity index (χ0n) is 7.93. The molecule has 0 atom stereocenters. The maximum absolute atomic E-state index is 10.6. The molecule has 1 aromatic carbocycles. The summed E-state index contributed by atoms with van der Waals surface area (Å²) in [6, 6.07) is 7.14. The first-order valence-corrected chi connectivity index (χ1v) is 4.29. The van der Waals surface area contributed by atoms with E-state index < -0.39 is 0 Å². The first kappa shape index (κ1) is 10.3. The van der Waals surface area contributed by atoms with Gasteiger partial charge in [0.2, 0.25) is 0 Å². The molecule has 0 radical (unpaired) electrons. The second-order valence-electron chi connectivity index (χ2n) is 2.83. The number of carbonyl (C=O) groups excluding carboxylic acids is 1. The van der Waals surface area contributed by atoms with Gasteiger partial charge in [-0.2, -0.15) is 0 Å². The summed E-state index contributed by atoms with van der Waals surface area (Å²) in [6.45, 7) is 1.36. The topological polar surface area (TPSA) is 46.5 Å². The summed E-state index contributed by atoms with van der Waals surface area (Å²) in [7, 11) is 0. The molecule has 0 spiro atoms. The highest BCUT2D eigenvalue weighted by Crippen LogP contribution is 2.12. The van der Waals surface area contributed by atoms with Crippen molar-refractivity contribution in [2.45, 2.75) is 13.3 Å². The fourth-order valence-corrected chi connectivity index (χ4v) is 1.05. The summed E-state index contributed by atoms with van der Waals surface area (Å²) in [4.78, 5) is 10.6. The van der Waals surface area contributed by atoms with Crippen LogP contribution in [0.15, 0.2) is 36.6 Å². The van der Waals surface area contributed by atoms with E-state index in [-0.39, 0.29) is 5.97 Å². The van der Waals surface area contributed by atoms with Crippen LogP contribution < -0.4 is 4.74 Å². The minimum Gasteiger partial charge on any atom is -0.516 e. The molecule has 0 bridgehead atoms. The fraction of sp³-hybridized carbons (Fsp3) is 0.182. The molecule has 0 aliphatic rings. The van der Waals surface area contributed by atoms with Crippen LogP contribution in [0.2, 0.25) is 0 Å². The van der Waals surface area contributed by atoms with Gasteiger partial charge in [0.15, 0.2) is 0 Å². The second kappa shape index (κ2) is 5.07. The summed E-state index contributed by atoms with van der Waals surface area (Å²) in [5.41, 5.74) is 1.05. The highest BCUT2D eigenvalue weighted by atomic mass is 16.5. The Bertz CT molecular complexity index is 325. The van der Waals surface area contributed by atoms with Gasteiger partial charge in [0.1, 0.15) is 5.75 Å². The molecule has 0 aromatic heterocycles. The van der Waals surface area contributed by atoms with Crippen LogP contribution in [0.4, 0.5) is 0 Å². The summed E-state index contributed by atoms with van der Waals surface area (Å²) in [5.74, 6) is 0.210. The quantitative estimate of drug-likeness (QED) is 0.453. The van der Waals surface area contributed by atoms with Crippen LogP contribution in [0.5, 0.6) is 5.75 Å². The van der Waals surface area contributed by atoms with Crippen molar-refractivity contribution in [3.63, 3.8) is 0 Å². The normalized spacial score (nSPS) is 10.4. The average Bonchev–Trinajstić information content (AvgIpc) is 2.16. The van der Waals surface area contributed by atoms with Gasteiger partial charge in [0.25, 0.3) is 0 Å². The van der Waals surface area contributed by atoms with E-state index in [4.69, 9.17) is 9.84 Å². The van der Waals surface area contributed by atoms with Crippen molar-refractivity contribution in [1.82, 2.24) is 0 Å². The lowest BCUT2D eigenvalue weighted by molar-refractivity contribution is -0.131. The maximum Gasteiger partial charge on any atom is 0.308 e. The van der Waals surface area contributed by atoms with Gasteiger partial charge in [-0.05, 0) is 30.2 Å². The van der Waals surface area contributed by atoms with Crippen molar-refractivity contribution in [1.29, 1.82) is 0 Å². The number of allylic oxidation sites excluding steroid dienone is 1. The Morgan fingerprint density at radius 2 is 2.07 bits per heavy atom. The Morgan fingerprint density at radius 3 is 2.57 bits per heavy atom. The van der Waals surface area contributed by atoms with Gasteiger partial charge in [0, 0.05) is 6.92 Å². The molecule has 0 aliphatic carbocycles. The third-order valence-corrected chi connectivity index (χ3v) is 1.64. The molecule has 3 nitrogen and oxygen atoms in total. The number of benzene rings is 1. The van der Waals surface area contributed by atoms with Crippen LogP contribution >= 0.6 is 0 Å². The molecule has 0 fully saturated rings. The van der Waals surface area contributed by atoms with E-state index in [1.54, 1.807) is 18.2 Å². The van der Waals surface area contributed by atoms with Gasteiger partial charge >= 0.3 is 5.97 Å². The second-order valence-corrected chi connectivity index (χ2v) is 2.83. The Hall–Kier alpha value is -1.77. The third kappa shape index (κ3) is 3.31. The molecule has 0 unspecified atom stereocenters. The largest absolute Gasteiger partial charge is 0.516 e. The number of carbonyl (C=O) groups is 1. The minimum absolute atomic E-state index is 0.326. The number of esters is 1. The first-order chi connectivity index (χ1) is 6.72. The Morgan fingerprint density at radius 1 is 1.43 bits per heavy atom. The van der Waals surface area contributed by atoms with Crippen molar-refractivity contribution in [2.75, 3.05) is 0 Å². The van der Waals surface area contributed by atoms with Crippen molar-refractivity contribution in [3.8, 4) is 5.75 Å². The lowest BCUT2D eigenvalue weighted by Gasteiger charge is -2.01. The van der Waals surface area contributed by atoms with Crippen molar-refractivity contribution >= 4 is 5.97 Å². The summed E-state index contributed by atoms with van der Waals surface area (Å²) >= 11 is 0. The van der Waals surface area contributed by atoms with Crippen LogP contribution in [0.25, 0.3) is 0 Å². The van der Waals surface area contributed by atoms with E-state index in [0.29, 0.717) is 12.2 Å². The predicted molar refractivity (Wildman–Crippen MR) is 53.2 cm³/mol. The van der Waals surface area contributed by atoms with Crippen LogP contribution in [-0.2, 0) is 11.2 Å². The minimum atomic E-state index is -0.326. The smallest absolute Gasteiger partial charge is 0.308 e. The Balaban J connectivity index is 2.63. The number of ether oxygens (including phenoxy) is 1. The molecule has 1 aromatic rings. The predicted octanol–water partition coefficient (Wildman–Crippen LogP) is 2.23. The summed E-state index contributed by atoms with van der Waals surface area (Å²) in [6.07, 6.45) is 3.32. The SMILES string of the molecule is CC(=O)Oc1ccc(C/C=C/O)cc1. The van der Waals surface area contributed by atoms with E-state index >= 15 is 0 Å². The lowest BCUT2D eigenvalue weighted by atomic mass is 10.1. The molecule has 1 rings (SSSR count). The number of hydrogen-bond acceptors (Lipinski definition) is 3. The Kier molecular flexibility index (Phi) is 3.73. The number of aliphatic hydroxyl groups is 1. The van der Waals surface area contributed by atoms with Gasteiger partial charge in [-0.1, -0.05) is 12.1 Å². The molecule has 3 heteroatoms. The van der Waals surface area contributed by atoms with Crippen LogP contribution in [0.3, 0.4) is 0 Å². The summed E-state index contributed by atoms with van der Waals surface area (Å²) in [5, 5.41) is 8.45. The van der Waals surface area contributed by atoms with Gasteiger partial charge in [-0.3, -0.25) is 4.79 Å². The third-order valence-electron chi connectivity index (χ3n) is 1.64. The average molecular weight is 192 g/mol. The molecule has 0 aliphatic heterocycles. The van der Waals surface area contributed by atoms with Crippen LogP contribution in [-0.4, -0.2) is 11.1 Å².